The molecule has 0 saturated carbocycles. The molecule has 1 aromatic rings. The van der Waals surface area contributed by atoms with Crippen LogP contribution in [0.1, 0.15) is 10.4 Å². The molecule has 13 heavy (non-hydrogen) atoms. The van der Waals surface area contributed by atoms with E-state index in [1.165, 1.54) is 0 Å². The zero-order valence-electron chi connectivity index (χ0n) is 6.27. The number of carbonyl (C=O) groups excluding carboxylic acids is 1. The summed E-state index contributed by atoms with van der Waals surface area (Å²) in [4.78, 5) is 13.3. The molecule has 2 N–H and O–H groups in total. The first kappa shape index (κ1) is 9.59. The van der Waals surface area contributed by atoms with Gasteiger partial charge in [0.1, 0.15) is 4.90 Å². The minimum Gasteiger partial charge on any atom is -0.366 e. The SMILES string of the molecule is NC(=O)c1cnccc1S(=O)(=O)F. The van der Waals surface area contributed by atoms with Crippen LogP contribution in [0.15, 0.2) is 23.4 Å². The molecule has 0 radical (unpaired) electrons. The van der Waals surface area contributed by atoms with Gasteiger partial charge in [-0.05, 0) is 6.07 Å². The highest BCUT2D eigenvalue weighted by atomic mass is 32.3. The maximum atomic E-state index is 12.5. The highest BCUT2D eigenvalue weighted by molar-refractivity contribution is 7.86. The molecule has 5 nitrogen and oxygen atoms in total. The van der Waals surface area contributed by atoms with E-state index < -0.39 is 26.6 Å². The van der Waals surface area contributed by atoms with Gasteiger partial charge in [-0.3, -0.25) is 9.78 Å². The van der Waals surface area contributed by atoms with Crippen molar-refractivity contribution in [3.05, 3.63) is 24.0 Å². The molecule has 1 amide bonds. The van der Waals surface area contributed by atoms with E-state index in [9.17, 15) is 17.1 Å². The number of pyridine rings is 1. The van der Waals surface area contributed by atoms with Crippen LogP contribution in [-0.2, 0) is 10.2 Å². The van der Waals surface area contributed by atoms with Crippen molar-refractivity contribution in [1.29, 1.82) is 0 Å². The van der Waals surface area contributed by atoms with Crippen LogP contribution in [-0.4, -0.2) is 19.3 Å². The van der Waals surface area contributed by atoms with Gasteiger partial charge >= 0.3 is 10.2 Å². The first-order valence-corrected chi connectivity index (χ1v) is 4.50. The van der Waals surface area contributed by atoms with E-state index in [1.807, 2.05) is 0 Å². The number of hydrogen-bond donors (Lipinski definition) is 1. The van der Waals surface area contributed by atoms with Crippen LogP contribution in [0.2, 0.25) is 0 Å². The first-order valence-electron chi connectivity index (χ1n) is 3.11. The molecule has 0 bridgehead atoms. The second kappa shape index (κ2) is 3.09. The Balaban J connectivity index is 3.46. The number of hydrogen-bond acceptors (Lipinski definition) is 4. The lowest BCUT2D eigenvalue weighted by Crippen LogP contribution is -2.15. The van der Waals surface area contributed by atoms with Crippen molar-refractivity contribution in [1.82, 2.24) is 4.98 Å². The minimum absolute atomic E-state index is 0.454. The van der Waals surface area contributed by atoms with E-state index in [4.69, 9.17) is 5.73 Å². The van der Waals surface area contributed by atoms with E-state index in [0.717, 1.165) is 18.5 Å². The van der Waals surface area contributed by atoms with E-state index in [0.29, 0.717) is 0 Å². The molecule has 70 valence electrons. The molecule has 0 atom stereocenters. The summed E-state index contributed by atoms with van der Waals surface area (Å²) in [6.45, 7) is 0. The third-order valence-corrected chi connectivity index (χ3v) is 2.19. The quantitative estimate of drug-likeness (QED) is 0.677. The van der Waals surface area contributed by atoms with Crippen LogP contribution in [0.25, 0.3) is 0 Å². The van der Waals surface area contributed by atoms with E-state index in [-0.39, 0.29) is 0 Å². The number of primary amides is 1. The van der Waals surface area contributed by atoms with Gasteiger partial charge in [-0.25, -0.2) is 0 Å². The fourth-order valence-corrected chi connectivity index (χ4v) is 1.42. The molecule has 0 saturated heterocycles. The fourth-order valence-electron chi connectivity index (χ4n) is 0.779. The number of carbonyl (C=O) groups is 1. The molecule has 0 aliphatic carbocycles. The predicted octanol–water partition coefficient (Wildman–Crippen LogP) is -0.161. The molecular weight excluding hydrogens is 199 g/mol. The number of rotatable bonds is 2. The molecule has 0 fully saturated rings. The van der Waals surface area contributed by atoms with Gasteiger partial charge in [-0.1, -0.05) is 0 Å². The third-order valence-electron chi connectivity index (χ3n) is 1.31. The summed E-state index contributed by atoms with van der Waals surface area (Å²) in [6, 6.07) is 0.870. The molecule has 0 aromatic carbocycles. The van der Waals surface area contributed by atoms with Gasteiger partial charge in [-0.2, -0.15) is 8.42 Å². The molecule has 7 heteroatoms. The lowest BCUT2D eigenvalue weighted by molar-refractivity contribution is 0.0996. The van der Waals surface area contributed by atoms with Crippen molar-refractivity contribution in [2.45, 2.75) is 4.90 Å². The number of nitrogens with two attached hydrogens (primary N) is 1. The topological polar surface area (TPSA) is 90.1 Å². The van der Waals surface area contributed by atoms with E-state index in [1.54, 1.807) is 0 Å². The van der Waals surface area contributed by atoms with Gasteiger partial charge in [0.15, 0.2) is 0 Å². The zero-order valence-corrected chi connectivity index (χ0v) is 7.08. The zero-order chi connectivity index (χ0) is 10.1. The van der Waals surface area contributed by atoms with Gasteiger partial charge in [-0.15, -0.1) is 3.89 Å². The summed E-state index contributed by atoms with van der Waals surface area (Å²) in [5.74, 6) is -1.04. The van der Waals surface area contributed by atoms with Crippen molar-refractivity contribution in [2.24, 2.45) is 5.73 Å². The smallest absolute Gasteiger partial charge is 0.332 e. The Morgan fingerprint density at radius 3 is 2.54 bits per heavy atom. The molecule has 0 spiro atoms. The maximum Gasteiger partial charge on any atom is 0.332 e. The standard InChI is InChI=1S/C6H5FN2O3S/c7-13(11,12)5-1-2-9-3-4(5)6(8)10/h1-3H,(H2,8,10). The summed E-state index contributed by atoms with van der Waals surface area (Å²) in [5, 5.41) is 0. The monoisotopic (exact) mass is 204 g/mol. The van der Waals surface area contributed by atoms with Gasteiger partial charge < -0.3 is 5.73 Å². The fraction of sp³-hybridized carbons (Fsp3) is 0. The predicted molar refractivity (Wildman–Crippen MR) is 41.0 cm³/mol. The van der Waals surface area contributed by atoms with E-state index >= 15 is 0 Å². The Labute approximate surface area is 73.6 Å². The van der Waals surface area contributed by atoms with Crippen LogP contribution in [0.4, 0.5) is 3.89 Å². The largest absolute Gasteiger partial charge is 0.366 e. The van der Waals surface area contributed by atoms with Gasteiger partial charge in [0.05, 0.1) is 5.56 Å². The highest BCUT2D eigenvalue weighted by Gasteiger charge is 2.19. The molecule has 0 unspecified atom stereocenters. The van der Waals surface area contributed by atoms with Crippen molar-refractivity contribution in [2.75, 3.05) is 0 Å². The minimum atomic E-state index is -4.92. The Hall–Kier alpha value is -1.50. The number of nitrogens with zero attached hydrogens (tertiary/aromatic N) is 1. The summed E-state index contributed by atoms with van der Waals surface area (Å²) < 4.78 is 33.4. The van der Waals surface area contributed by atoms with Gasteiger partial charge in [0, 0.05) is 12.4 Å². The normalized spacial score (nSPS) is 11.2. The molecule has 0 aliphatic heterocycles. The number of amides is 1. The van der Waals surface area contributed by atoms with Crippen LogP contribution < -0.4 is 5.73 Å². The van der Waals surface area contributed by atoms with Crippen LogP contribution in [0.5, 0.6) is 0 Å². The summed E-state index contributed by atoms with van der Waals surface area (Å²) in [5.41, 5.74) is 4.35. The lowest BCUT2D eigenvalue weighted by Gasteiger charge is -1.99. The molecule has 1 heterocycles. The van der Waals surface area contributed by atoms with E-state index in [2.05, 4.69) is 4.98 Å². The Bertz CT molecular complexity index is 443. The first-order chi connectivity index (χ1) is 5.93. The van der Waals surface area contributed by atoms with Crippen molar-refractivity contribution < 1.29 is 17.1 Å². The molecular formula is C6H5FN2O3S. The van der Waals surface area contributed by atoms with Crippen molar-refractivity contribution >= 4 is 16.1 Å². The lowest BCUT2D eigenvalue weighted by atomic mass is 10.3. The Morgan fingerprint density at radius 1 is 1.54 bits per heavy atom. The molecule has 1 aromatic heterocycles. The van der Waals surface area contributed by atoms with Crippen molar-refractivity contribution in [3.63, 3.8) is 0 Å². The summed E-state index contributed by atoms with van der Waals surface area (Å²) in [6.07, 6.45) is 1.95. The Kier molecular flexibility index (Phi) is 2.28. The maximum absolute atomic E-state index is 12.5. The average molecular weight is 204 g/mol. The van der Waals surface area contributed by atoms with Gasteiger partial charge in [0.25, 0.3) is 5.91 Å². The molecule has 0 aliphatic rings. The number of halogens is 1. The van der Waals surface area contributed by atoms with Crippen LogP contribution in [0, 0.1) is 0 Å². The second-order valence-electron chi connectivity index (χ2n) is 2.17. The molecule has 1 rings (SSSR count). The van der Waals surface area contributed by atoms with Crippen molar-refractivity contribution in [3.8, 4) is 0 Å². The third kappa shape index (κ3) is 2.00. The van der Waals surface area contributed by atoms with Crippen LogP contribution >= 0.6 is 0 Å². The van der Waals surface area contributed by atoms with Crippen LogP contribution in [0.3, 0.4) is 0 Å². The number of aromatic nitrogens is 1. The van der Waals surface area contributed by atoms with Gasteiger partial charge in [0.2, 0.25) is 0 Å². The summed E-state index contributed by atoms with van der Waals surface area (Å²) in [7, 11) is -4.92. The Morgan fingerprint density at radius 2 is 2.15 bits per heavy atom. The highest BCUT2D eigenvalue weighted by Crippen LogP contribution is 2.15. The summed E-state index contributed by atoms with van der Waals surface area (Å²) >= 11 is 0. The second-order valence-corrected chi connectivity index (χ2v) is 3.49. The average Bonchev–Trinajstić information content (AvgIpc) is 2.03.